The molecule has 1 heterocycles. The molecule has 1 N–H and O–H groups in total. The van der Waals surface area contributed by atoms with Crippen molar-refractivity contribution < 1.29 is 4.79 Å². The maximum absolute atomic E-state index is 13.3. The van der Waals surface area contributed by atoms with Crippen LogP contribution >= 0.6 is 15.9 Å². The van der Waals surface area contributed by atoms with Gasteiger partial charge in [0.15, 0.2) is 0 Å². The topological polar surface area (TPSA) is 41.5 Å². The minimum Gasteiger partial charge on any atom is -0.309 e. The Morgan fingerprint density at radius 2 is 1.57 bits per heavy atom. The van der Waals surface area contributed by atoms with E-state index in [1.165, 1.54) is 27.1 Å². The van der Waals surface area contributed by atoms with Crippen molar-refractivity contribution in [3.8, 4) is 0 Å². The summed E-state index contributed by atoms with van der Waals surface area (Å²) in [5, 5.41) is 9.11. The van der Waals surface area contributed by atoms with Gasteiger partial charge in [0.25, 0.3) is 0 Å². The highest BCUT2D eigenvalue weighted by Gasteiger charge is 2.32. The first kappa shape index (κ1) is 17.1. The first-order valence-electron chi connectivity index (χ1n) is 9.23. The van der Waals surface area contributed by atoms with E-state index in [0.29, 0.717) is 17.8 Å². The number of rotatable bonds is 3. The summed E-state index contributed by atoms with van der Waals surface area (Å²) in [6.45, 7) is 0.618. The number of halogens is 1. The van der Waals surface area contributed by atoms with Crippen molar-refractivity contribution in [2.24, 2.45) is 5.10 Å². The summed E-state index contributed by atoms with van der Waals surface area (Å²) in [5.74, 6) is -0.129. The fraction of sp³-hybridized carbons (Fsp3) is 0.0833. The molecule has 0 fully saturated rings. The number of ketones is 1. The third-order valence-corrected chi connectivity index (χ3v) is 5.80. The first-order chi connectivity index (χ1) is 13.7. The quantitative estimate of drug-likeness (QED) is 0.336. The van der Waals surface area contributed by atoms with Crippen LogP contribution in [0.25, 0.3) is 21.5 Å². The van der Waals surface area contributed by atoms with Crippen molar-refractivity contribution in [1.82, 2.24) is 5.43 Å². The van der Waals surface area contributed by atoms with Gasteiger partial charge in [0.1, 0.15) is 5.71 Å². The van der Waals surface area contributed by atoms with Crippen LogP contribution in [0.3, 0.4) is 0 Å². The van der Waals surface area contributed by atoms with Crippen molar-refractivity contribution >= 4 is 49.0 Å². The lowest BCUT2D eigenvalue weighted by atomic mass is 9.84. The molecule has 0 spiro atoms. The van der Waals surface area contributed by atoms with Gasteiger partial charge in [-0.25, -0.2) is 0 Å². The van der Waals surface area contributed by atoms with Crippen LogP contribution in [0.15, 0.2) is 88.4 Å². The molecule has 3 nitrogen and oxygen atoms in total. The van der Waals surface area contributed by atoms with Gasteiger partial charge < -0.3 is 5.43 Å². The van der Waals surface area contributed by atoms with E-state index in [1.54, 1.807) is 0 Å². The Labute approximate surface area is 171 Å². The molecule has 4 aromatic carbocycles. The molecule has 4 aromatic rings. The summed E-state index contributed by atoms with van der Waals surface area (Å²) in [4.78, 5) is 13.3. The molecular weight excluding hydrogens is 412 g/mol. The predicted molar refractivity (Wildman–Crippen MR) is 118 cm³/mol. The van der Waals surface area contributed by atoms with Crippen molar-refractivity contribution in [2.45, 2.75) is 5.92 Å². The molecule has 0 aromatic heterocycles. The standard InChI is InChI=1S/C24H17BrN2O/c25-18-9-5-8-17(13-18)24(28)23-21(14-26-27-23)22-19-10-3-1-6-15(19)12-16-7-2-4-11-20(16)22/h1-13,21,26H,14H2. The summed E-state index contributed by atoms with van der Waals surface area (Å²) in [7, 11) is 0. The predicted octanol–water partition coefficient (Wildman–Crippen LogP) is 5.68. The third-order valence-electron chi connectivity index (χ3n) is 5.31. The molecule has 4 heteroatoms. The Bertz CT molecular complexity index is 1210. The van der Waals surface area contributed by atoms with Gasteiger partial charge in [0.2, 0.25) is 5.78 Å². The molecule has 136 valence electrons. The van der Waals surface area contributed by atoms with E-state index in [1.807, 2.05) is 24.3 Å². The van der Waals surface area contributed by atoms with Crippen LogP contribution in [0.5, 0.6) is 0 Å². The van der Waals surface area contributed by atoms with Crippen LogP contribution in [-0.4, -0.2) is 18.0 Å². The summed E-state index contributed by atoms with van der Waals surface area (Å²) in [5.41, 5.74) is 5.45. The molecule has 1 unspecified atom stereocenters. The van der Waals surface area contributed by atoms with Gasteiger partial charge in [-0.1, -0.05) is 76.6 Å². The van der Waals surface area contributed by atoms with Crippen LogP contribution in [0.1, 0.15) is 21.8 Å². The molecule has 0 saturated carbocycles. The Morgan fingerprint density at radius 1 is 0.893 bits per heavy atom. The van der Waals surface area contributed by atoms with Crippen LogP contribution in [0.2, 0.25) is 0 Å². The second kappa shape index (κ2) is 6.88. The fourth-order valence-electron chi connectivity index (χ4n) is 4.05. The first-order valence-corrected chi connectivity index (χ1v) is 10.0. The van der Waals surface area contributed by atoms with E-state index < -0.39 is 0 Å². The number of nitrogens with one attached hydrogen (secondary N) is 1. The minimum atomic E-state index is -0.0949. The highest BCUT2D eigenvalue weighted by atomic mass is 79.9. The van der Waals surface area contributed by atoms with Crippen molar-refractivity contribution in [1.29, 1.82) is 0 Å². The minimum absolute atomic E-state index is 0.0340. The maximum atomic E-state index is 13.3. The highest BCUT2D eigenvalue weighted by molar-refractivity contribution is 9.10. The van der Waals surface area contributed by atoms with E-state index >= 15 is 0 Å². The number of hydrogen-bond donors (Lipinski definition) is 1. The molecule has 5 rings (SSSR count). The Hall–Kier alpha value is -2.98. The summed E-state index contributed by atoms with van der Waals surface area (Å²) in [6.07, 6.45) is 0. The Balaban J connectivity index is 1.71. The number of hydrazone groups is 1. The van der Waals surface area contributed by atoms with Gasteiger partial charge in [0, 0.05) is 16.6 Å². The molecule has 0 aliphatic carbocycles. The number of nitrogens with zero attached hydrogens (tertiary/aromatic N) is 1. The highest BCUT2D eigenvalue weighted by Crippen LogP contribution is 2.36. The number of hydrogen-bond acceptors (Lipinski definition) is 3. The molecule has 1 atom stereocenters. The molecule has 0 saturated heterocycles. The molecule has 1 aliphatic rings. The van der Waals surface area contributed by atoms with E-state index in [0.717, 1.165) is 4.47 Å². The lowest BCUT2D eigenvalue weighted by Crippen LogP contribution is -2.22. The zero-order valence-electron chi connectivity index (χ0n) is 15.0. The van der Waals surface area contributed by atoms with Gasteiger partial charge in [-0.2, -0.15) is 5.10 Å². The second-order valence-electron chi connectivity index (χ2n) is 6.98. The smallest absolute Gasteiger partial charge is 0.209 e. The Kier molecular flexibility index (Phi) is 4.21. The van der Waals surface area contributed by atoms with Gasteiger partial charge in [0.05, 0.1) is 5.92 Å². The molecule has 28 heavy (non-hydrogen) atoms. The maximum Gasteiger partial charge on any atom is 0.209 e. The van der Waals surface area contributed by atoms with E-state index in [-0.39, 0.29) is 11.7 Å². The lowest BCUT2D eigenvalue weighted by molar-refractivity contribution is 0.106. The van der Waals surface area contributed by atoms with E-state index in [2.05, 4.69) is 81.1 Å². The zero-order valence-corrected chi connectivity index (χ0v) is 16.6. The normalized spacial score (nSPS) is 16.2. The van der Waals surface area contributed by atoms with Gasteiger partial charge in [-0.3, -0.25) is 4.79 Å². The number of carbonyl (C=O) groups excluding carboxylic acids is 1. The molecule has 0 amide bonds. The van der Waals surface area contributed by atoms with Crippen LogP contribution in [-0.2, 0) is 0 Å². The molecule has 1 aliphatic heterocycles. The van der Waals surface area contributed by atoms with E-state index in [9.17, 15) is 4.79 Å². The van der Waals surface area contributed by atoms with Crippen LogP contribution in [0.4, 0.5) is 0 Å². The van der Waals surface area contributed by atoms with Crippen molar-refractivity contribution in [3.05, 3.63) is 94.5 Å². The van der Waals surface area contributed by atoms with E-state index in [4.69, 9.17) is 0 Å². The molecule has 0 bridgehead atoms. The number of Topliss-reactive ketones (excluding diaryl/α,β-unsaturated/α-hetero) is 1. The largest absolute Gasteiger partial charge is 0.309 e. The average Bonchev–Trinajstić information content (AvgIpc) is 3.20. The summed E-state index contributed by atoms with van der Waals surface area (Å²) in [6, 6.07) is 26.4. The Morgan fingerprint density at radius 3 is 2.25 bits per heavy atom. The zero-order chi connectivity index (χ0) is 19.1. The second-order valence-corrected chi connectivity index (χ2v) is 7.90. The monoisotopic (exact) mass is 428 g/mol. The number of benzene rings is 4. The fourth-order valence-corrected chi connectivity index (χ4v) is 4.45. The summed E-state index contributed by atoms with van der Waals surface area (Å²) < 4.78 is 0.886. The van der Waals surface area contributed by atoms with Gasteiger partial charge >= 0.3 is 0 Å². The molecule has 0 radical (unpaired) electrons. The van der Waals surface area contributed by atoms with Gasteiger partial charge in [-0.15, -0.1) is 0 Å². The SMILES string of the molecule is O=C(C1=NNCC1c1c2ccccc2cc2ccccc12)c1cccc(Br)c1. The van der Waals surface area contributed by atoms with Crippen molar-refractivity contribution in [3.63, 3.8) is 0 Å². The number of carbonyl (C=O) groups is 1. The van der Waals surface area contributed by atoms with Crippen LogP contribution < -0.4 is 5.43 Å². The van der Waals surface area contributed by atoms with Gasteiger partial charge in [-0.05, 0) is 45.3 Å². The average molecular weight is 429 g/mol. The summed E-state index contributed by atoms with van der Waals surface area (Å²) >= 11 is 3.46. The lowest BCUT2D eigenvalue weighted by Gasteiger charge is -2.18. The third kappa shape index (κ3) is 2.81. The van der Waals surface area contributed by atoms with Crippen LogP contribution in [0, 0.1) is 0 Å². The number of fused-ring (bicyclic) bond motifs is 2. The van der Waals surface area contributed by atoms with Crippen molar-refractivity contribution in [2.75, 3.05) is 6.54 Å². The molecular formula is C24H17BrN2O.